The van der Waals surface area contributed by atoms with Crippen LogP contribution < -0.4 is 5.32 Å². The molecule has 2 atom stereocenters. The zero-order chi connectivity index (χ0) is 17.0. The van der Waals surface area contributed by atoms with Gasteiger partial charge in [0.05, 0.1) is 0 Å². The van der Waals surface area contributed by atoms with Gasteiger partial charge in [-0.1, -0.05) is 26.2 Å². The van der Waals surface area contributed by atoms with Gasteiger partial charge in [-0.05, 0) is 38.7 Å². The molecule has 0 bridgehead atoms. The van der Waals surface area contributed by atoms with E-state index < -0.39 is 0 Å². The number of aliphatic hydroxyl groups excluding tert-OH is 1. The van der Waals surface area contributed by atoms with Gasteiger partial charge in [-0.3, -0.25) is 9.59 Å². The number of aryl methyl sites for hydroxylation is 1. The minimum atomic E-state index is -0.164. The van der Waals surface area contributed by atoms with Crippen LogP contribution in [0, 0.1) is 12.8 Å². The largest absolute Gasteiger partial charge is 0.396 e. The summed E-state index contributed by atoms with van der Waals surface area (Å²) in [5, 5.41) is 12.7. The number of rotatable bonds is 5. The molecule has 1 aromatic heterocycles. The highest BCUT2D eigenvalue weighted by Crippen LogP contribution is 2.25. The number of Topliss-reactive ketones (excluding diaryl/α,β-unsaturated/α-hetero) is 1. The summed E-state index contributed by atoms with van der Waals surface area (Å²) in [4.78, 5) is 27.6. The summed E-state index contributed by atoms with van der Waals surface area (Å²) in [6.07, 6.45) is 5.82. The van der Waals surface area contributed by atoms with E-state index in [-0.39, 0.29) is 30.3 Å². The van der Waals surface area contributed by atoms with E-state index >= 15 is 0 Å². The van der Waals surface area contributed by atoms with Crippen molar-refractivity contribution in [2.24, 2.45) is 5.92 Å². The van der Waals surface area contributed by atoms with Crippen LogP contribution in [0.5, 0.6) is 0 Å². The van der Waals surface area contributed by atoms with E-state index in [1.165, 1.54) is 6.92 Å². The number of carbonyl (C=O) groups excluding carboxylic acids is 2. The molecule has 0 aliphatic heterocycles. The second-order valence-electron chi connectivity index (χ2n) is 6.55. The first kappa shape index (κ1) is 17.7. The van der Waals surface area contributed by atoms with E-state index in [4.69, 9.17) is 0 Å². The highest BCUT2D eigenvalue weighted by atomic mass is 16.3. The van der Waals surface area contributed by atoms with Crippen molar-refractivity contribution in [2.45, 2.75) is 65.3 Å². The van der Waals surface area contributed by atoms with Crippen LogP contribution in [0.15, 0.2) is 0 Å². The number of aromatic amines is 1. The molecule has 5 nitrogen and oxygen atoms in total. The number of aliphatic hydroxyl groups is 1. The first-order valence-corrected chi connectivity index (χ1v) is 8.63. The molecule has 1 saturated carbocycles. The van der Waals surface area contributed by atoms with E-state index in [2.05, 4.69) is 10.3 Å². The minimum Gasteiger partial charge on any atom is -0.396 e. The topological polar surface area (TPSA) is 82.2 Å². The van der Waals surface area contributed by atoms with Crippen LogP contribution in [0.3, 0.4) is 0 Å². The zero-order valence-electron chi connectivity index (χ0n) is 14.4. The zero-order valence-corrected chi connectivity index (χ0v) is 14.4. The van der Waals surface area contributed by atoms with Gasteiger partial charge in [0.1, 0.15) is 5.69 Å². The average molecular weight is 320 g/mol. The molecule has 3 N–H and O–H groups in total. The van der Waals surface area contributed by atoms with E-state index in [9.17, 15) is 14.7 Å². The Labute approximate surface area is 137 Å². The number of H-pyrrole nitrogens is 1. The van der Waals surface area contributed by atoms with Crippen molar-refractivity contribution >= 4 is 11.7 Å². The maximum absolute atomic E-state index is 12.7. The summed E-state index contributed by atoms with van der Waals surface area (Å²) in [5.41, 5.74) is 2.68. The molecule has 23 heavy (non-hydrogen) atoms. The van der Waals surface area contributed by atoms with Crippen molar-refractivity contribution in [3.8, 4) is 0 Å². The van der Waals surface area contributed by atoms with Gasteiger partial charge in [0.25, 0.3) is 5.91 Å². The molecule has 1 aromatic rings. The monoisotopic (exact) mass is 320 g/mol. The molecule has 0 aromatic carbocycles. The van der Waals surface area contributed by atoms with Crippen molar-refractivity contribution in [2.75, 3.05) is 6.61 Å². The molecule has 1 fully saturated rings. The number of hydrogen-bond donors (Lipinski definition) is 3. The summed E-state index contributed by atoms with van der Waals surface area (Å²) >= 11 is 0. The third kappa shape index (κ3) is 3.83. The Morgan fingerprint density at radius 2 is 1.96 bits per heavy atom. The van der Waals surface area contributed by atoms with Crippen LogP contribution in [0.1, 0.15) is 78.1 Å². The third-order valence-electron chi connectivity index (χ3n) is 4.93. The third-order valence-corrected chi connectivity index (χ3v) is 4.93. The summed E-state index contributed by atoms with van der Waals surface area (Å²) < 4.78 is 0. The molecule has 1 aliphatic carbocycles. The Hall–Kier alpha value is -1.62. The fourth-order valence-corrected chi connectivity index (χ4v) is 3.73. The SMILES string of the molecule is CCc1c(C(=O)NC2CCCCCC2CO)[nH]c(C)c1C(C)=O. The molecule has 0 saturated heterocycles. The van der Waals surface area contributed by atoms with E-state index in [0.717, 1.165) is 43.4 Å². The maximum atomic E-state index is 12.7. The molecule has 2 rings (SSSR count). The molecular weight excluding hydrogens is 292 g/mol. The first-order chi connectivity index (χ1) is 11.0. The van der Waals surface area contributed by atoms with E-state index in [0.29, 0.717) is 17.7 Å². The van der Waals surface area contributed by atoms with Gasteiger partial charge in [0.15, 0.2) is 5.78 Å². The van der Waals surface area contributed by atoms with Crippen LogP contribution in [-0.4, -0.2) is 34.4 Å². The van der Waals surface area contributed by atoms with E-state index in [1.807, 2.05) is 13.8 Å². The fraction of sp³-hybridized carbons (Fsp3) is 0.667. The molecule has 1 aliphatic rings. The van der Waals surface area contributed by atoms with Gasteiger partial charge < -0.3 is 15.4 Å². The second-order valence-corrected chi connectivity index (χ2v) is 6.55. The average Bonchev–Trinajstić information content (AvgIpc) is 2.70. The normalized spacial score (nSPS) is 21.7. The van der Waals surface area contributed by atoms with Crippen molar-refractivity contribution < 1.29 is 14.7 Å². The van der Waals surface area contributed by atoms with Crippen LogP contribution in [0.4, 0.5) is 0 Å². The molecule has 128 valence electrons. The van der Waals surface area contributed by atoms with Crippen molar-refractivity contribution in [1.82, 2.24) is 10.3 Å². The molecular formula is C18H28N2O3. The lowest BCUT2D eigenvalue weighted by molar-refractivity contribution is 0.0894. The number of hydrogen-bond acceptors (Lipinski definition) is 3. The quantitative estimate of drug-likeness (QED) is 0.576. The lowest BCUT2D eigenvalue weighted by Crippen LogP contribution is -2.41. The van der Waals surface area contributed by atoms with Gasteiger partial charge in [-0.15, -0.1) is 0 Å². The number of carbonyl (C=O) groups is 2. The van der Waals surface area contributed by atoms with E-state index in [1.54, 1.807) is 0 Å². The number of amides is 1. The number of ketones is 1. The van der Waals surface area contributed by atoms with Gasteiger partial charge in [0, 0.05) is 29.8 Å². The van der Waals surface area contributed by atoms with Gasteiger partial charge in [-0.25, -0.2) is 0 Å². The maximum Gasteiger partial charge on any atom is 0.268 e. The first-order valence-electron chi connectivity index (χ1n) is 8.63. The fourth-order valence-electron chi connectivity index (χ4n) is 3.73. The van der Waals surface area contributed by atoms with Crippen LogP contribution in [0.25, 0.3) is 0 Å². The van der Waals surface area contributed by atoms with Crippen LogP contribution >= 0.6 is 0 Å². The van der Waals surface area contributed by atoms with Gasteiger partial charge in [0.2, 0.25) is 0 Å². The highest BCUT2D eigenvalue weighted by molar-refractivity contribution is 6.02. The second kappa shape index (κ2) is 7.77. The van der Waals surface area contributed by atoms with Crippen LogP contribution in [0.2, 0.25) is 0 Å². The van der Waals surface area contributed by atoms with Gasteiger partial charge in [-0.2, -0.15) is 0 Å². The Morgan fingerprint density at radius 3 is 2.57 bits per heavy atom. The highest BCUT2D eigenvalue weighted by Gasteiger charge is 2.27. The molecule has 2 unspecified atom stereocenters. The molecule has 0 spiro atoms. The van der Waals surface area contributed by atoms with Crippen molar-refractivity contribution in [3.05, 3.63) is 22.5 Å². The summed E-state index contributed by atoms with van der Waals surface area (Å²) in [6, 6.07) is 0.00379. The Balaban J connectivity index is 2.23. The standard InChI is InChI=1S/C18H28N2O3/c1-4-14-16(12(3)22)11(2)19-17(14)18(23)20-15-9-7-5-6-8-13(15)10-21/h13,15,19,21H,4-10H2,1-3H3,(H,20,23). The molecule has 1 heterocycles. The smallest absolute Gasteiger partial charge is 0.268 e. The Morgan fingerprint density at radius 1 is 1.26 bits per heavy atom. The van der Waals surface area contributed by atoms with Crippen LogP contribution in [-0.2, 0) is 6.42 Å². The Bertz CT molecular complexity index is 577. The van der Waals surface area contributed by atoms with Crippen molar-refractivity contribution in [1.29, 1.82) is 0 Å². The summed E-state index contributed by atoms with van der Waals surface area (Å²) in [6.45, 7) is 5.42. The predicted octanol–water partition coefficient (Wildman–Crippen LogP) is 2.76. The lowest BCUT2D eigenvalue weighted by Gasteiger charge is -2.24. The predicted molar refractivity (Wildman–Crippen MR) is 89.8 cm³/mol. The number of nitrogens with one attached hydrogen (secondary N) is 2. The Kier molecular flexibility index (Phi) is 5.99. The lowest BCUT2D eigenvalue weighted by atomic mass is 9.95. The van der Waals surface area contributed by atoms with Crippen molar-refractivity contribution in [3.63, 3.8) is 0 Å². The minimum absolute atomic E-state index is 0.00379. The summed E-state index contributed by atoms with van der Waals surface area (Å²) in [5.74, 6) is -0.0602. The van der Waals surface area contributed by atoms with Gasteiger partial charge >= 0.3 is 0 Å². The molecule has 5 heteroatoms. The molecule has 0 radical (unpaired) electrons. The number of aromatic nitrogens is 1. The molecule has 1 amide bonds. The summed E-state index contributed by atoms with van der Waals surface area (Å²) in [7, 11) is 0.